The predicted octanol–water partition coefficient (Wildman–Crippen LogP) is -0.706. The predicted molar refractivity (Wildman–Crippen MR) is 44.8 cm³/mol. The molecule has 0 amide bonds. The van der Waals surface area contributed by atoms with Gasteiger partial charge in [0, 0.05) is 10.5 Å². The van der Waals surface area contributed by atoms with Crippen molar-refractivity contribution in [2.75, 3.05) is 0 Å². The zero-order valence-electron chi connectivity index (χ0n) is 7.66. The number of ketones is 1. The average molecular weight is 176 g/mol. The molecule has 0 saturated heterocycles. The van der Waals surface area contributed by atoms with Crippen molar-refractivity contribution in [3.8, 4) is 0 Å². The van der Waals surface area contributed by atoms with E-state index < -0.39 is 0 Å². The smallest absolute Gasteiger partial charge is 1.00 e. The molecule has 0 unspecified atom stereocenters. The molecule has 11 heavy (non-hydrogen) atoms. The largest absolute Gasteiger partial charge is 1.00 e. The monoisotopic (exact) mass is 176 g/mol. The number of carbonyl (C=O) groups excluding carboxylic acids is 1. The first-order valence-electron chi connectivity index (χ1n) is 3.00. The minimum atomic E-state index is 0. The van der Waals surface area contributed by atoms with Crippen LogP contribution in [0.2, 0.25) is 0 Å². The number of rotatable bonds is 1. The van der Waals surface area contributed by atoms with Crippen LogP contribution in [0, 0.1) is 0 Å². The van der Waals surface area contributed by atoms with Crippen molar-refractivity contribution in [2.24, 2.45) is 0 Å². The van der Waals surface area contributed by atoms with Crippen LogP contribution in [0.15, 0.2) is 29.2 Å². The molecule has 0 aliphatic carbocycles. The molecule has 0 aliphatic rings. The fourth-order valence-corrected chi connectivity index (χ4v) is 0.845. The summed E-state index contributed by atoms with van der Waals surface area (Å²) in [4.78, 5) is 11.6. The molecule has 1 aromatic rings. The second-order valence-corrected chi connectivity index (χ2v) is 2.62. The van der Waals surface area contributed by atoms with Crippen LogP contribution < -0.4 is 29.6 Å². The molecule has 0 aliphatic heterocycles. The Bertz CT molecular complexity index is 248. The summed E-state index contributed by atoms with van der Waals surface area (Å²) in [5.74, 6) is 0.0910. The van der Waals surface area contributed by atoms with Gasteiger partial charge in [-0.15, -0.1) is 12.6 Å². The molecule has 0 aromatic heterocycles. The quantitative estimate of drug-likeness (QED) is 0.340. The Labute approximate surface area is 95.4 Å². The first-order valence-corrected chi connectivity index (χ1v) is 3.45. The molecular weight excluding hydrogens is 167 g/mol. The second kappa shape index (κ2) is 4.99. The summed E-state index contributed by atoms with van der Waals surface area (Å²) in [7, 11) is 0. The molecule has 1 aromatic carbocycles. The third-order valence-corrected chi connectivity index (χ3v) is 1.57. The maximum atomic E-state index is 10.7. The third-order valence-electron chi connectivity index (χ3n) is 1.27. The molecule has 0 saturated carbocycles. The number of Topliss-reactive ketones (excluding diaryl/α,β-unsaturated/α-hetero) is 1. The third kappa shape index (κ3) is 3.43. The molecule has 54 valence electrons. The van der Waals surface area contributed by atoms with Gasteiger partial charge in [-0.2, -0.15) is 0 Å². The SMILES string of the molecule is CC(=O)c1ccc(S)cc1.[H-].[Na+]. The van der Waals surface area contributed by atoms with Gasteiger partial charge in [-0.1, -0.05) is 12.1 Å². The zero-order valence-corrected chi connectivity index (χ0v) is 9.56. The minimum absolute atomic E-state index is 0. The van der Waals surface area contributed by atoms with Crippen LogP contribution >= 0.6 is 12.6 Å². The van der Waals surface area contributed by atoms with Crippen LogP contribution in [-0.4, -0.2) is 5.78 Å². The molecule has 1 nitrogen and oxygen atoms in total. The normalized spacial score (nSPS) is 8.55. The van der Waals surface area contributed by atoms with Crippen molar-refractivity contribution >= 4 is 18.4 Å². The molecule has 3 heteroatoms. The average Bonchev–Trinajstić information content (AvgIpc) is 1.88. The van der Waals surface area contributed by atoms with Gasteiger partial charge in [-0.05, 0) is 19.1 Å². The van der Waals surface area contributed by atoms with Crippen molar-refractivity contribution in [3.63, 3.8) is 0 Å². The standard InChI is InChI=1S/C8H8OS.Na.H/c1-6(9)7-2-4-8(10)5-3-7;;/h2-5,10H,1H3;;/q;+1;-1. The summed E-state index contributed by atoms with van der Waals surface area (Å²) in [6, 6.07) is 7.15. The summed E-state index contributed by atoms with van der Waals surface area (Å²) in [5, 5.41) is 0. The van der Waals surface area contributed by atoms with Crippen LogP contribution in [-0.2, 0) is 0 Å². The van der Waals surface area contributed by atoms with Gasteiger partial charge in [0.15, 0.2) is 5.78 Å². The molecule has 0 spiro atoms. The Morgan fingerprint density at radius 1 is 1.36 bits per heavy atom. The van der Waals surface area contributed by atoms with Crippen LogP contribution in [0.5, 0.6) is 0 Å². The van der Waals surface area contributed by atoms with Crippen molar-refractivity contribution in [2.45, 2.75) is 11.8 Å². The van der Waals surface area contributed by atoms with Gasteiger partial charge in [0.2, 0.25) is 0 Å². The van der Waals surface area contributed by atoms with Gasteiger partial charge >= 0.3 is 29.6 Å². The molecule has 0 N–H and O–H groups in total. The summed E-state index contributed by atoms with van der Waals surface area (Å²) in [6.45, 7) is 1.55. The summed E-state index contributed by atoms with van der Waals surface area (Å²) in [6.07, 6.45) is 0. The van der Waals surface area contributed by atoms with E-state index in [2.05, 4.69) is 12.6 Å². The van der Waals surface area contributed by atoms with E-state index in [1.54, 1.807) is 31.2 Å². The van der Waals surface area contributed by atoms with Crippen LogP contribution in [0.25, 0.3) is 0 Å². The second-order valence-electron chi connectivity index (χ2n) is 2.10. The van der Waals surface area contributed by atoms with Crippen molar-refractivity contribution in [1.82, 2.24) is 0 Å². The first kappa shape index (κ1) is 11.2. The van der Waals surface area contributed by atoms with Crippen LogP contribution in [0.3, 0.4) is 0 Å². The molecule has 0 radical (unpaired) electrons. The number of thiol groups is 1. The van der Waals surface area contributed by atoms with Gasteiger partial charge in [0.1, 0.15) is 0 Å². The van der Waals surface area contributed by atoms with Gasteiger partial charge in [0.05, 0.1) is 0 Å². The Hall–Kier alpha value is 0.240. The summed E-state index contributed by atoms with van der Waals surface area (Å²) < 4.78 is 0. The van der Waals surface area contributed by atoms with E-state index in [0.29, 0.717) is 0 Å². The topological polar surface area (TPSA) is 17.1 Å². The van der Waals surface area contributed by atoms with E-state index in [1.807, 2.05) is 0 Å². The number of benzene rings is 1. The Morgan fingerprint density at radius 3 is 2.18 bits per heavy atom. The fraction of sp³-hybridized carbons (Fsp3) is 0.125. The Morgan fingerprint density at radius 2 is 1.82 bits per heavy atom. The van der Waals surface area contributed by atoms with E-state index in [-0.39, 0.29) is 36.8 Å². The zero-order chi connectivity index (χ0) is 7.56. The van der Waals surface area contributed by atoms with Gasteiger partial charge in [0.25, 0.3) is 0 Å². The Kier molecular flexibility index (Phi) is 5.10. The maximum Gasteiger partial charge on any atom is 1.00 e. The number of carbonyl (C=O) groups is 1. The molecule has 0 bridgehead atoms. The van der Waals surface area contributed by atoms with Crippen molar-refractivity contribution < 1.29 is 35.8 Å². The molecular formula is C8H9NaOS. The van der Waals surface area contributed by atoms with Crippen molar-refractivity contribution in [3.05, 3.63) is 29.8 Å². The Balaban J connectivity index is 0. The molecule has 0 atom stereocenters. The van der Waals surface area contributed by atoms with Crippen LogP contribution in [0.1, 0.15) is 18.7 Å². The molecule has 1 rings (SSSR count). The fourth-order valence-electron chi connectivity index (χ4n) is 0.696. The minimum Gasteiger partial charge on any atom is -1.00 e. The van der Waals surface area contributed by atoms with E-state index in [1.165, 1.54) is 0 Å². The maximum absolute atomic E-state index is 10.7. The first-order chi connectivity index (χ1) is 4.70. The molecule has 0 fully saturated rings. The van der Waals surface area contributed by atoms with Gasteiger partial charge in [-0.3, -0.25) is 4.79 Å². The van der Waals surface area contributed by atoms with Gasteiger partial charge in [-0.25, -0.2) is 0 Å². The van der Waals surface area contributed by atoms with E-state index in [0.717, 1.165) is 10.5 Å². The van der Waals surface area contributed by atoms with Crippen LogP contribution in [0.4, 0.5) is 0 Å². The van der Waals surface area contributed by atoms with E-state index in [9.17, 15) is 4.79 Å². The number of hydrogen-bond donors (Lipinski definition) is 1. The van der Waals surface area contributed by atoms with E-state index in [4.69, 9.17) is 0 Å². The molecule has 0 heterocycles. The number of hydrogen-bond acceptors (Lipinski definition) is 2. The van der Waals surface area contributed by atoms with E-state index >= 15 is 0 Å². The van der Waals surface area contributed by atoms with Gasteiger partial charge < -0.3 is 1.43 Å². The summed E-state index contributed by atoms with van der Waals surface area (Å²) in [5.41, 5.74) is 0.734. The van der Waals surface area contributed by atoms with Crippen molar-refractivity contribution in [1.29, 1.82) is 0 Å². The summed E-state index contributed by atoms with van der Waals surface area (Å²) >= 11 is 4.09.